The number of aromatic nitrogens is 1. The number of pyridine rings is 1. The van der Waals surface area contributed by atoms with Crippen molar-refractivity contribution in [1.29, 1.82) is 0 Å². The average molecular weight is 254 g/mol. The second-order valence-corrected chi connectivity index (χ2v) is 4.21. The summed E-state index contributed by atoms with van der Waals surface area (Å²) in [6.07, 6.45) is 0.515. The van der Waals surface area contributed by atoms with Crippen molar-refractivity contribution in [2.75, 3.05) is 18.5 Å². The predicted octanol–water partition coefficient (Wildman–Crippen LogP) is 0.634. The molecule has 0 radical (unpaired) electrons. The lowest BCUT2D eigenvalue weighted by molar-refractivity contribution is 0.0695. The summed E-state index contributed by atoms with van der Waals surface area (Å²) in [7, 11) is 0. The first-order valence-corrected chi connectivity index (χ1v) is 5.69. The highest BCUT2D eigenvalue weighted by Crippen LogP contribution is 2.18. The van der Waals surface area contributed by atoms with E-state index in [0.717, 1.165) is 0 Å². The van der Waals surface area contributed by atoms with Gasteiger partial charge in [0.1, 0.15) is 5.82 Å². The Hall–Kier alpha value is -1.66. The summed E-state index contributed by atoms with van der Waals surface area (Å²) in [6, 6.07) is 2.97. The van der Waals surface area contributed by atoms with Crippen LogP contribution in [0.4, 0.5) is 5.82 Å². The van der Waals surface area contributed by atoms with Crippen LogP contribution < -0.4 is 5.32 Å². The van der Waals surface area contributed by atoms with Gasteiger partial charge in [0, 0.05) is 0 Å². The van der Waals surface area contributed by atoms with Crippen LogP contribution in [0.15, 0.2) is 12.1 Å². The van der Waals surface area contributed by atoms with Gasteiger partial charge in [-0.2, -0.15) is 0 Å². The normalized spacial score (nSPS) is 11.3. The number of carboxylic acids is 1. The fourth-order valence-corrected chi connectivity index (χ4v) is 1.57. The Labute approximate surface area is 105 Å². The molecule has 6 nitrogen and oxygen atoms in total. The Balaban J connectivity index is 2.98. The van der Waals surface area contributed by atoms with Gasteiger partial charge in [-0.05, 0) is 25.5 Å². The maximum absolute atomic E-state index is 10.8. The highest BCUT2D eigenvalue weighted by atomic mass is 16.4. The molecule has 0 amide bonds. The van der Waals surface area contributed by atoms with E-state index < -0.39 is 11.5 Å². The molecule has 0 saturated carbocycles. The van der Waals surface area contributed by atoms with Gasteiger partial charge in [-0.15, -0.1) is 0 Å². The van der Waals surface area contributed by atoms with E-state index >= 15 is 0 Å². The summed E-state index contributed by atoms with van der Waals surface area (Å²) in [6.45, 7) is 2.96. The van der Waals surface area contributed by atoms with Crippen LogP contribution in [0, 0.1) is 6.92 Å². The van der Waals surface area contributed by atoms with Crippen molar-refractivity contribution in [3.05, 3.63) is 23.4 Å². The number of carbonyl (C=O) groups is 1. The van der Waals surface area contributed by atoms with Crippen molar-refractivity contribution >= 4 is 11.8 Å². The van der Waals surface area contributed by atoms with Gasteiger partial charge < -0.3 is 20.6 Å². The van der Waals surface area contributed by atoms with Gasteiger partial charge in [0.15, 0.2) is 0 Å². The number of aromatic carboxylic acids is 1. The smallest absolute Gasteiger partial charge is 0.337 e. The molecule has 0 bridgehead atoms. The molecule has 0 aliphatic heterocycles. The molecule has 0 aliphatic rings. The molecule has 0 spiro atoms. The van der Waals surface area contributed by atoms with Crippen molar-refractivity contribution in [2.24, 2.45) is 0 Å². The Bertz CT molecular complexity index is 422. The summed E-state index contributed by atoms with van der Waals surface area (Å²) < 4.78 is 0. The molecule has 6 heteroatoms. The van der Waals surface area contributed by atoms with Gasteiger partial charge in [0.05, 0.1) is 30.0 Å². The highest BCUT2D eigenvalue weighted by Gasteiger charge is 2.26. The molecule has 1 rings (SSSR count). The van der Waals surface area contributed by atoms with E-state index in [-0.39, 0.29) is 18.8 Å². The van der Waals surface area contributed by atoms with E-state index in [9.17, 15) is 15.0 Å². The lowest BCUT2D eigenvalue weighted by atomic mass is 9.98. The topological polar surface area (TPSA) is 103 Å². The standard InChI is InChI=1S/C12H18N2O4/c1-3-12(6-15,7-16)14-10-5-4-9(11(17)18)8(2)13-10/h4-5,15-16H,3,6-7H2,1-2H3,(H,13,14)(H,17,18). The lowest BCUT2D eigenvalue weighted by Crippen LogP contribution is -2.45. The van der Waals surface area contributed by atoms with Gasteiger partial charge in [0.2, 0.25) is 0 Å². The summed E-state index contributed by atoms with van der Waals surface area (Å²) in [5.41, 5.74) is -0.325. The number of nitrogens with zero attached hydrogens (tertiary/aromatic N) is 1. The van der Waals surface area contributed by atoms with Crippen molar-refractivity contribution in [3.63, 3.8) is 0 Å². The lowest BCUT2D eigenvalue weighted by Gasteiger charge is -2.30. The summed E-state index contributed by atoms with van der Waals surface area (Å²) in [5.74, 6) is -0.597. The number of hydrogen-bond acceptors (Lipinski definition) is 5. The van der Waals surface area contributed by atoms with Gasteiger partial charge in [-0.3, -0.25) is 0 Å². The number of hydrogen-bond donors (Lipinski definition) is 4. The third kappa shape index (κ3) is 2.96. The molecule has 4 N–H and O–H groups in total. The van der Waals surface area contributed by atoms with Crippen molar-refractivity contribution < 1.29 is 20.1 Å². The molecule has 1 aromatic rings. The number of anilines is 1. The van der Waals surface area contributed by atoms with Crippen molar-refractivity contribution in [1.82, 2.24) is 4.98 Å². The van der Waals surface area contributed by atoms with E-state index in [4.69, 9.17) is 5.11 Å². The minimum absolute atomic E-state index is 0.135. The predicted molar refractivity (Wildman–Crippen MR) is 66.7 cm³/mol. The zero-order chi connectivity index (χ0) is 13.8. The molecule has 1 heterocycles. The number of rotatable bonds is 6. The highest BCUT2D eigenvalue weighted by molar-refractivity contribution is 5.89. The molecule has 0 unspecified atom stereocenters. The number of aliphatic hydroxyl groups is 2. The molecular weight excluding hydrogens is 236 g/mol. The van der Waals surface area contributed by atoms with Crippen LogP contribution in [0.5, 0.6) is 0 Å². The summed E-state index contributed by atoms with van der Waals surface area (Å²) in [5, 5.41) is 30.4. The van der Waals surface area contributed by atoms with Crippen LogP contribution in [-0.4, -0.2) is 45.0 Å². The molecule has 0 aliphatic carbocycles. The molecule has 1 aromatic heterocycles. The monoisotopic (exact) mass is 254 g/mol. The number of aliphatic hydroxyl groups excluding tert-OH is 2. The zero-order valence-corrected chi connectivity index (χ0v) is 10.5. The fraction of sp³-hybridized carbons (Fsp3) is 0.500. The Morgan fingerprint density at radius 2 is 2.00 bits per heavy atom. The van der Waals surface area contributed by atoms with E-state index in [1.54, 1.807) is 6.92 Å². The summed E-state index contributed by atoms with van der Waals surface area (Å²) in [4.78, 5) is 15.0. The SMILES string of the molecule is CCC(CO)(CO)Nc1ccc(C(=O)O)c(C)n1. The van der Waals surface area contributed by atoms with Crippen LogP contribution >= 0.6 is 0 Å². The fourth-order valence-electron chi connectivity index (χ4n) is 1.57. The first-order chi connectivity index (χ1) is 8.48. The Morgan fingerprint density at radius 1 is 1.39 bits per heavy atom. The van der Waals surface area contributed by atoms with E-state index in [0.29, 0.717) is 17.9 Å². The van der Waals surface area contributed by atoms with E-state index in [1.165, 1.54) is 12.1 Å². The van der Waals surface area contributed by atoms with Crippen molar-refractivity contribution in [3.8, 4) is 0 Å². The molecule has 18 heavy (non-hydrogen) atoms. The first kappa shape index (κ1) is 14.4. The molecule has 0 fully saturated rings. The van der Waals surface area contributed by atoms with Crippen LogP contribution in [0.2, 0.25) is 0 Å². The maximum Gasteiger partial charge on any atom is 0.337 e. The van der Waals surface area contributed by atoms with Gasteiger partial charge in [-0.1, -0.05) is 6.92 Å². The van der Waals surface area contributed by atoms with Crippen molar-refractivity contribution in [2.45, 2.75) is 25.8 Å². The Morgan fingerprint density at radius 3 is 2.39 bits per heavy atom. The number of aryl methyl sites for hydroxylation is 1. The first-order valence-electron chi connectivity index (χ1n) is 5.69. The molecule has 0 aromatic carbocycles. The second-order valence-electron chi connectivity index (χ2n) is 4.21. The summed E-state index contributed by atoms with van der Waals surface area (Å²) >= 11 is 0. The largest absolute Gasteiger partial charge is 0.478 e. The van der Waals surface area contributed by atoms with Crippen LogP contribution in [0.25, 0.3) is 0 Å². The molecule has 100 valence electrons. The van der Waals surface area contributed by atoms with Crippen LogP contribution in [-0.2, 0) is 0 Å². The minimum atomic E-state index is -1.03. The third-order valence-corrected chi connectivity index (χ3v) is 2.99. The van der Waals surface area contributed by atoms with Gasteiger partial charge >= 0.3 is 5.97 Å². The molecule has 0 saturated heterocycles. The minimum Gasteiger partial charge on any atom is -0.478 e. The van der Waals surface area contributed by atoms with Gasteiger partial charge in [-0.25, -0.2) is 9.78 Å². The maximum atomic E-state index is 10.8. The average Bonchev–Trinajstić information content (AvgIpc) is 2.36. The molecule has 0 atom stereocenters. The van der Waals surface area contributed by atoms with Crippen LogP contribution in [0.1, 0.15) is 29.4 Å². The quantitative estimate of drug-likeness (QED) is 0.594. The zero-order valence-electron chi connectivity index (χ0n) is 10.5. The third-order valence-electron chi connectivity index (χ3n) is 2.99. The van der Waals surface area contributed by atoms with E-state index in [2.05, 4.69) is 10.3 Å². The number of carboxylic acid groups (broad SMARTS) is 1. The van der Waals surface area contributed by atoms with Crippen LogP contribution in [0.3, 0.4) is 0 Å². The molecular formula is C12H18N2O4. The van der Waals surface area contributed by atoms with E-state index in [1.807, 2.05) is 6.92 Å². The van der Waals surface area contributed by atoms with Gasteiger partial charge in [0.25, 0.3) is 0 Å². The number of nitrogens with one attached hydrogen (secondary N) is 1. The second kappa shape index (κ2) is 5.79. The Kier molecular flexibility index (Phi) is 4.63.